The number of rotatable bonds is 7. The Morgan fingerprint density at radius 1 is 0.763 bits per heavy atom. The molecule has 0 bridgehead atoms. The number of likely N-dealkylation sites (tertiary alicyclic amines) is 1. The maximum Gasteiger partial charge on any atom is 0.224 e. The van der Waals surface area contributed by atoms with Crippen LogP contribution in [0.4, 0.5) is 0 Å². The van der Waals surface area contributed by atoms with E-state index in [2.05, 4.69) is 106 Å². The number of fused-ring (bicyclic) bond motifs is 2. The smallest absolute Gasteiger partial charge is 0.224 e. The fraction of sp³-hybridized carbons (Fsp3) is 0.324. The minimum Gasteiger partial charge on any atom is -0.352 e. The summed E-state index contributed by atoms with van der Waals surface area (Å²) in [6, 6.07) is 32.7. The number of amides is 1. The average Bonchev–Trinajstić information content (AvgIpc) is 2.97. The largest absolute Gasteiger partial charge is 0.352 e. The van der Waals surface area contributed by atoms with Crippen LogP contribution in [0, 0.1) is 5.92 Å². The summed E-state index contributed by atoms with van der Waals surface area (Å²) < 4.78 is 0. The molecule has 194 valence electrons. The van der Waals surface area contributed by atoms with Gasteiger partial charge in [0.05, 0.1) is 5.92 Å². The van der Waals surface area contributed by atoms with Gasteiger partial charge in [0.25, 0.3) is 0 Å². The van der Waals surface area contributed by atoms with E-state index >= 15 is 0 Å². The summed E-state index contributed by atoms with van der Waals surface area (Å²) in [6.07, 6.45) is 3.16. The Bertz CT molecular complexity index is 1390. The van der Waals surface area contributed by atoms with Crippen LogP contribution in [-0.4, -0.2) is 35.3 Å². The van der Waals surface area contributed by atoms with Crippen molar-refractivity contribution < 1.29 is 4.79 Å². The van der Waals surface area contributed by atoms with Gasteiger partial charge in [-0.1, -0.05) is 91.0 Å². The van der Waals surface area contributed by atoms with Gasteiger partial charge in [0.15, 0.2) is 0 Å². The number of hydrogen-bond donors (Lipinski definition) is 1. The van der Waals surface area contributed by atoms with Crippen LogP contribution in [-0.2, 0) is 37.4 Å². The van der Waals surface area contributed by atoms with Gasteiger partial charge >= 0.3 is 0 Å². The molecule has 2 aliphatic heterocycles. The standard InChI is InChI=1S/C34H37N3O/c38-34(32-12-6-19-36(25-32)24-31-11-5-10-29-8-3-4-13-33(29)31)35-21-26-14-16-27(17-15-26)22-37-20-18-28-7-1-2-9-30(28)23-37/h1-5,7-11,13-17,32H,6,12,18-25H2,(H,35,38). The predicted molar refractivity (Wildman–Crippen MR) is 154 cm³/mol. The van der Waals surface area contributed by atoms with Gasteiger partial charge in [-0.15, -0.1) is 0 Å². The quantitative estimate of drug-likeness (QED) is 0.340. The van der Waals surface area contributed by atoms with Gasteiger partial charge in [-0.05, 0) is 64.4 Å². The first-order chi connectivity index (χ1) is 18.7. The molecule has 38 heavy (non-hydrogen) atoms. The Morgan fingerprint density at radius 3 is 2.42 bits per heavy atom. The molecule has 4 heteroatoms. The molecule has 0 aliphatic carbocycles. The van der Waals surface area contributed by atoms with Gasteiger partial charge in [0.2, 0.25) is 5.91 Å². The molecule has 4 aromatic carbocycles. The highest BCUT2D eigenvalue weighted by Gasteiger charge is 2.26. The molecule has 1 saturated heterocycles. The van der Waals surface area contributed by atoms with E-state index in [0.29, 0.717) is 6.54 Å². The minimum absolute atomic E-state index is 0.0555. The summed E-state index contributed by atoms with van der Waals surface area (Å²) in [7, 11) is 0. The summed E-state index contributed by atoms with van der Waals surface area (Å²) in [5.74, 6) is 0.239. The molecule has 4 aromatic rings. The van der Waals surface area contributed by atoms with Crippen molar-refractivity contribution in [3.63, 3.8) is 0 Å². The predicted octanol–water partition coefficient (Wildman–Crippen LogP) is 5.93. The first-order valence-electron chi connectivity index (χ1n) is 14.0. The lowest BCUT2D eigenvalue weighted by Gasteiger charge is -2.32. The zero-order chi connectivity index (χ0) is 25.7. The van der Waals surface area contributed by atoms with Gasteiger partial charge in [-0.25, -0.2) is 0 Å². The van der Waals surface area contributed by atoms with Crippen LogP contribution in [0.1, 0.15) is 40.7 Å². The molecule has 1 amide bonds. The monoisotopic (exact) mass is 503 g/mol. The van der Waals surface area contributed by atoms with Crippen molar-refractivity contribution in [3.8, 4) is 0 Å². The third-order valence-electron chi connectivity index (χ3n) is 8.26. The maximum absolute atomic E-state index is 13.1. The normalized spacial score (nSPS) is 18.3. The van der Waals surface area contributed by atoms with Crippen LogP contribution in [0.25, 0.3) is 10.8 Å². The third-order valence-corrected chi connectivity index (χ3v) is 8.26. The van der Waals surface area contributed by atoms with Crippen molar-refractivity contribution in [2.45, 2.75) is 45.4 Å². The average molecular weight is 504 g/mol. The number of carbonyl (C=O) groups excluding carboxylic acids is 1. The van der Waals surface area contributed by atoms with Gasteiger partial charge in [0.1, 0.15) is 0 Å². The lowest BCUT2D eigenvalue weighted by atomic mass is 9.96. The number of carbonyl (C=O) groups is 1. The zero-order valence-electron chi connectivity index (χ0n) is 22.1. The van der Waals surface area contributed by atoms with E-state index < -0.39 is 0 Å². The van der Waals surface area contributed by atoms with Gasteiger partial charge in [0, 0.05) is 39.3 Å². The highest BCUT2D eigenvalue weighted by molar-refractivity contribution is 5.85. The van der Waals surface area contributed by atoms with Crippen LogP contribution in [0.3, 0.4) is 0 Å². The van der Waals surface area contributed by atoms with Crippen molar-refractivity contribution in [2.24, 2.45) is 5.92 Å². The summed E-state index contributed by atoms with van der Waals surface area (Å²) in [5, 5.41) is 5.81. The van der Waals surface area contributed by atoms with Crippen LogP contribution in [0.5, 0.6) is 0 Å². The van der Waals surface area contributed by atoms with E-state index in [0.717, 1.165) is 64.1 Å². The van der Waals surface area contributed by atoms with Crippen LogP contribution in [0.15, 0.2) is 91.0 Å². The Morgan fingerprint density at radius 2 is 1.53 bits per heavy atom. The van der Waals surface area contributed by atoms with Crippen LogP contribution in [0.2, 0.25) is 0 Å². The molecule has 0 spiro atoms. The molecule has 2 aliphatic rings. The van der Waals surface area contributed by atoms with Crippen molar-refractivity contribution >= 4 is 16.7 Å². The highest BCUT2D eigenvalue weighted by Crippen LogP contribution is 2.24. The van der Waals surface area contributed by atoms with Crippen LogP contribution >= 0.6 is 0 Å². The molecule has 1 fully saturated rings. The Labute approximate surface area is 226 Å². The minimum atomic E-state index is 0.0555. The molecular weight excluding hydrogens is 466 g/mol. The Hall–Kier alpha value is -3.47. The number of piperidine rings is 1. The lowest BCUT2D eigenvalue weighted by molar-refractivity contribution is -0.126. The first kappa shape index (κ1) is 24.8. The van der Waals surface area contributed by atoms with E-state index in [9.17, 15) is 4.79 Å². The van der Waals surface area contributed by atoms with Crippen molar-refractivity contribution in [2.75, 3.05) is 19.6 Å². The first-order valence-corrected chi connectivity index (χ1v) is 14.0. The molecule has 0 radical (unpaired) electrons. The molecule has 1 unspecified atom stereocenters. The van der Waals surface area contributed by atoms with Crippen LogP contribution < -0.4 is 5.32 Å². The maximum atomic E-state index is 13.1. The summed E-state index contributed by atoms with van der Waals surface area (Å²) in [6.45, 7) is 6.46. The van der Waals surface area contributed by atoms with E-state index in [1.165, 1.54) is 33.0 Å². The van der Waals surface area contributed by atoms with E-state index in [4.69, 9.17) is 0 Å². The molecule has 2 heterocycles. The Kier molecular flexibility index (Phi) is 7.52. The molecule has 6 rings (SSSR count). The van der Waals surface area contributed by atoms with Crippen molar-refractivity contribution in [1.82, 2.24) is 15.1 Å². The summed E-state index contributed by atoms with van der Waals surface area (Å²) in [4.78, 5) is 18.0. The zero-order valence-corrected chi connectivity index (χ0v) is 22.1. The number of nitrogens with zero attached hydrogens (tertiary/aromatic N) is 2. The topological polar surface area (TPSA) is 35.6 Å². The SMILES string of the molecule is O=C(NCc1ccc(CN2CCc3ccccc3C2)cc1)C1CCCN(Cc2cccc3ccccc23)C1. The fourth-order valence-electron chi connectivity index (χ4n) is 6.13. The lowest BCUT2D eigenvalue weighted by Crippen LogP contribution is -2.42. The van der Waals surface area contributed by atoms with Crippen molar-refractivity contribution in [3.05, 3.63) is 119 Å². The second-order valence-corrected chi connectivity index (χ2v) is 11.0. The fourth-order valence-corrected chi connectivity index (χ4v) is 6.13. The summed E-state index contributed by atoms with van der Waals surface area (Å²) in [5.41, 5.74) is 6.78. The van der Waals surface area contributed by atoms with Gasteiger partial charge in [-0.2, -0.15) is 0 Å². The second-order valence-electron chi connectivity index (χ2n) is 11.0. The molecule has 1 atom stereocenters. The number of benzene rings is 4. The third kappa shape index (κ3) is 5.82. The highest BCUT2D eigenvalue weighted by atomic mass is 16.1. The van der Waals surface area contributed by atoms with E-state index in [1.54, 1.807) is 0 Å². The number of hydrogen-bond acceptors (Lipinski definition) is 3. The van der Waals surface area contributed by atoms with Gasteiger partial charge < -0.3 is 5.32 Å². The molecule has 0 saturated carbocycles. The van der Waals surface area contributed by atoms with E-state index in [1.807, 2.05) is 0 Å². The van der Waals surface area contributed by atoms with Crippen molar-refractivity contribution in [1.29, 1.82) is 0 Å². The Balaban J connectivity index is 0.995. The molecule has 4 nitrogen and oxygen atoms in total. The summed E-state index contributed by atoms with van der Waals surface area (Å²) >= 11 is 0. The molecule has 0 aromatic heterocycles. The molecule has 1 N–H and O–H groups in total. The molecular formula is C34H37N3O. The van der Waals surface area contributed by atoms with E-state index in [-0.39, 0.29) is 11.8 Å². The second kappa shape index (κ2) is 11.5. The number of nitrogens with one attached hydrogen (secondary N) is 1. The van der Waals surface area contributed by atoms with Gasteiger partial charge in [-0.3, -0.25) is 14.6 Å².